The van der Waals surface area contributed by atoms with Crippen molar-refractivity contribution >= 4 is 17.8 Å². The highest BCUT2D eigenvalue weighted by Crippen LogP contribution is 2.04. The Balaban J connectivity index is 2.25. The van der Waals surface area contributed by atoms with E-state index in [1.807, 2.05) is 12.4 Å². The number of nitrogens with zero attached hydrogens (tertiary/aromatic N) is 2. The van der Waals surface area contributed by atoms with Crippen LogP contribution in [0.5, 0.6) is 0 Å². The Hall–Kier alpha value is -1.43. The van der Waals surface area contributed by atoms with E-state index in [1.165, 1.54) is 0 Å². The molecule has 6 nitrogen and oxygen atoms in total. The number of unbranched alkanes of at least 4 members (excludes halogenated alkanes) is 1. The van der Waals surface area contributed by atoms with Gasteiger partial charge in [-0.3, -0.25) is 19.8 Å². The van der Waals surface area contributed by atoms with E-state index in [2.05, 4.69) is 18.7 Å². The Morgan fingerprint density at radius 2 is 1.88 bits per heavy atom. The zero-order valence-electron chi connectivity index (χ0n) is 10.5. The molecule has 1 rings (SSSR count). The highest BCUT2D eigenvalue weighted by molar-refractivity contribution is 6.44. The Morgan fingerprint density at radius 1 is 1.24 bits per heavy atom. The number of nitrogens with one attached hydrogen (secondary N) is 1. The molecule has 96 valence electrons. The molecule has 0 aliphatic carbocycles. The molecule has 0 atom stereocenters. The number of carbonyl (C=O) groups excluding carboxylic acids is 3. The summed E-state index contributed by atoms with van der Waals surface area (Å²) in [6, 6.07) is -0.120. The number of amides is 4. The second-order valence-electron chi connectivity index (χ2n) is 4.50. The Kier molecular flexibility index (Phi) is 4.62. The molecule has 1 aliphatic rings. The highest BCUT2D eigenvalue weighted by Gasteiger charge is 2.36. The van der Waals surface area contributed by atoms with Gasteiger partial charge in [-0.25, -0.2) is 4.79 Å². The molecule has 1 heterocycles. The van der Waals surface area contributed by atoms with Crippen molar-refractivity contribution in [3.05, 3.63) is 0 Å². The molecular weight excluding hydrogens is 222 g/mol. The van der Waals surface area contributed by atoms with Crippen LogP contribution in [0.2, 0.25) is 0 Å². The van der Waals surface area contributed by atoms with Crippen LogP contribution in [0.4, 0.5) is 4.79 Å². The molecule has 1 N–H and O–H groups in total. The standard InChI is InChI=1S/C11H19N3O3/c1-8(2)13(3)6-4-5-7-14-10(16)9(15)12-11(14)17/h8H,4-7H2,1-3H3,(H,12,15,17). The molecule has 6 heteroatoms. The van der Waals surface area contributed by atoms with Crippen LogP contribution >= 0.6 is 0 Å². The van der Waals surface area contributed by atoms with Crippen molar-refractivity contribution in [2.45, 2.75) is 32.7 Å². The summed E-state index contributed by atoms with van der Waals surface area (Å²) in [4.78, 5) is 36.5. The largest absolute Gasteiger partial charge is 0.331 e. The minimum absolute atomic E-state index is 0.308. The average molecular weight is 241 g/mol. The molecular formula is C11H19N3O3. The van der Waals surface area contributed by atoms with E-state index < -0.39 is 17.8 Å². The lowest BCUT2D eigenvalue weighted by molar-refractivity contribution is -0.140. The molecule has 1 fully saturated rings. The van der Waals surface area contributed by atoms with Crippen LogP contribution in [-0.4, -0.2) is 53.8 Å². The number of urea groups is 1. The fourth-order valence-electron chi connectivity index (χ4n) is 1.53. The molecule has 17 heavy (non-hydrogen) atoms. The molecule has 0 saturated carbocycles. The lowest BCUT2D eigenvalue weighted by Crippen LogP contribution is -2.33. The third-order valence-electron chi connectivity index (χ3n) is 2.93. The Labute approximate surface area is 101 Å². The monoisotopic (exact) mass is 241 g/mol. The van der Waals surface area contributed by atoms with Gasteiger partial charge in [-0.2, -0.15) is 0 Å². The summed E-state index contributed by atoms with van der Waals surface area (Å²) in [5.74, 6) is -1.57. The maximum absolute atomic E-state index is 11.2. The SMILES string of the molecule is CC(C)N(C)CCCCN1C(=O)NC(=O)C1=O. The fourth-order valence-corrected chi connectivity index (χ4v) is 1.53. The summed E-state index contributed by atoms with van der Waals surface area (Å²) in [6.45, 7) is 5.43. The van der Waals surface area contributed by atoms with E-state index in [0.29, 0.717) is 19.0 Å². The first kappa shape index (κ1) is 13.6. The number of hydrogen-bond acceptors (Lipinski definition) is 4. The first-order chi connectivity index (χ1) is 7.93. The van der Waals surface area contributed by atoms with Crippen molar-refractivity contribution in [3.8, 4) is 0 Å². The maximum Gasteiger partial charge on any atom is 0.331 e. The zero-order valence-corrected chi connectivity index (χ0v) is 10.5. The summed E-state index contributed by atoms with van der Waals surface area (Å²) in [5, 5.41) is 1.97. The maximum atomic E-state index is 11.2. The topological polar surface area (TPSA) is 69.7 Å². The van der Waals surface area contributed by atoms with Crippen molar-refractivity contribution in [2.24, 2.45) is 0 Å². The Bertz CT molecular complexity index is 328. The van der Waals surface area contributed by atoms with E-state index in [1.54, 1.807) is 0 Å². The number of imide groups is 2. The molecule has 0 aromatic rings. The summed E-state index contributed by atoms with van der Waals surface area (Å²) >= 11 is 0. The second kappa shape index (κ2) is 5.77. The van der Waals surface area contributed by atoms with Crippen LogP contribution in [0.25, 0.3) is 0 Å². The molecule has 1 aliphatic heterocycles. The fraction of sp³-hybridized carbons (Fsp3) is 0.727. The average Bonchev–Trinajstić information content (AvgIpc) is 2.49. The molecule has 0 radical (unpaired) electrons. The second-order valence-corrected chi connectivity index (χ2v) is 4.50. The highest BCUT2D eigenvalue weighted by atomic mass is 16.2. The van der Waals surface area contributed by atoms with Gasteiger partial charge in [-0.15, -0.1) is 0 Å². The van der Waals surface area contributed by atoms with Crippen LogP contribution in [0.1, 0.15) is 26.7 Å². The molecule has 0 spiro atoms. The van der Waals surface area contributed by atoms with Gasteiger partial charge >= 0.3 is 17.8 Å². The van der Waals surface area contributed by atoms with Crippen LogP contribution < -0.4 is 5.32 Å². The Morgan fingerprint density at radius 3 is 2.35 bits per heavy atom. The molecule has 1 saturated heterocycles. The van der Waals surface area contributed by atoms with Crippen LogP contribution in [0, 0.1) is 0 Å². The van der Waals surface area contributed by atoms with E-state index in [4.69, 9.17) is 0 Å². The van der Waals surface area contributed by atoms with Gasteiger partial charge < -0.3 is 4.90 Å². The number of hydrogen-bond donors (Lipinski definition) is 1. The third-order valence-corrected chi connectivity index (χ3v) is 2.93. The van der Waals surface area contributed by atoms with Gasteiger partial charge in [0.25, 0.3) is 0 Å². The van der Waals surface area contributed by atoms with Crippen molar-refractivity contribution in [1.29, 1.82) is 0 Å². The lowest BCUT2D eigenvalue weighted by atomic mass is 10.2. The van der Waals surface area contributed by atoms with Gasteiger partial charge in [0.05, 0.1) is 0 Å². The summed E-state index contributed by atoms with van der Waals surface area (Å²) in [6.07, 6.45) is 1.60. The van der Waals surface area contributed by atoms with Gasteiger partial charge in [0.2, 0.25) is 0 Å². The third kappa shape index (κ3) is 3.52. The summed E-state index contributed by atoms with van der Waals surface area (Å²) in [7, 11) is 2.03. The lowest BCUT2D eigenvalue weighted by Gasteiger charge is -2.21. The van der Waals surface area contributed by atoms with Gasteiger partial charge in [-0.1, -0.05) is 0 Å². The first-order valence-electron chi connectivity index (χ1n) is 5.80. The minimum atomic E-state index is -0.825. The van der Waals surface area contributed by atoms with Crippen molar-refractivity contribution < 1.29 is 14.4 Å². The van der Waals surface area contributed by atoms with E-state index in [-0.39, 0.29) is 0 Å². The van der Waals surface area contributed by atoms with Crippen LogP contribution in [0.3, 0.4) is 0 Å². The van der Waals surface area contributed by atoms with Crippen molar-refractivity contribution in [2.75, 3.05) is 20.1 Å². The van der Waals surface area contributed by atoms with Gasteiger partial charge in [0.1, 0.15) is 0 Å². The number of carbonyl (C=O) groups is 3. The quantitative estimate of drug-likeness (QED) is 0.409. The normalized spacial score (nSPS) is 16.3. The van der Waals surface area contributed by atoms with Crippen molar-refractivity contribution in [1.82, 2.24) is 15.1 Å². The molecule has 0 aromatic heterocycles. The minimum Gasteiger partial charge on any atom is -0.304 e. The molecule has 4 amide bonds. The van der Waals surface area contributed by atoms with Gasteiger partial charge in [0, 0.05) is 12.6 Å². The number of rotatable bonds is 6. The summed E-state index contributed by atoms with van der Waals surface area (Å²) in [5.41, 5.74) is 0. The van der Waals surface area contributed by atoms with E-state index in [9.17, 15) is 14.4 Å². The smallest absolute Gasteiger partial charge is 0.304 e. The first-order valence-corrected chi connectivity index (χ1v) is 5.80. The van der Waals surface area contributed by atoms with Gasteiger partial charge in [-0.05, 0) is 40.3 Å². The summed E-state index contributed by atoms with van der Waals surface area (Å²) < 4.78 is 0. The molecule has 0 bridgehead atoms. The van der Waals surface area contributed by atoms with Crippen LogP contribution in [-0.2, 0) is 9.59 Å². The predicted molar refractivity (Wildman–Crippen MR) is 62.3 cm³/mol. The van der Waals surface area contributed by atoms with E-state index >= 15 is 0 Å². The molecule has 0 unspecified atom stereocenters. The van der Waals surface area contributed by atoms with Gasteiger partial charge in [0.15, 0.2) is 0 Å². The molecule has 0 aromatic carbocycles. The van der Waals surface area contributed by atoms with E-state index in [0.717, 1.165) is 17.9 Å². The zero-order chi connectivity index (χ0) is 13.0. The van der Waals surface area contributed by atoms with Crippen LogP contribution in [0.15, 0.2) is 0 Å². The predicted octanol–water partition coefficient (Wildman–Crippen LogP) is 0.185. The van der Waals surface area contributed by atoms with Crippen molar-refractivity contribution in [3.63, 3.8) is 0 Å².